The molecular formula is C14H22BrN3O2S. The van der Waals surface area contributed by atoms with E-state index in [-0.39, 0.29) is 6.04 Å². The predicted molar refractivity (Wildman–Crippen MR) is 87.5 cm³/mol. The van der Waals surface area contributed by atoms with Gasteiger partial charge in [-0.1, -0.05) is 6.07 Å². The highest BCUT2D eigenvalue weighted by Crippen LogP contribution is 2.28. The first-order valence-corrected chi connectivity index (χ1v) is 9.28. The minimum atomic E-state index is -3.49. The molecule has 1 aromatic carbocycles. The van der Waals surface area contributed by atoms with Crippen LogP contribution in [0.1, 0.15) is 18.9 Å². The van der Waals surface area contributed by atoms with Crippen molar-refractivity contribution < 1.29 is 8.42 Å². The SMILES string of the molecule is CC1CN(C)CCCN1S(=O)(=O)c1ccc(CN)cc1Br. The minimum Gasteiger partial charge on any atom is -0.326 e. The molecule has 1 saturated heterocycles. The summed E-state index contributed by atoms with van der Waals surface area (Å²) in [6.45, 7) is 4.58. The summed E-state index contributed by atoms with van der Waals surface area (Å²) >= 11 is 3.37. The van der Waals surface area contributed by atoms with Gasteiger partial charge in [0, 0.05) is 30.1 Å². The molecule has 0 aromatic heterocycles. The van der Waals surface area contributed by atoms with E-state index in [9.17, 15) is 8.42 Å². The van der Waals surface area contributed by atoms with Crippen molar-refractivity contribution in [3.8, 4) is 0 Å². The third-order valence-electron chi connectivity index (χ3n) is 3.80. The van der Waals surface area contributed by atoms with Crippen LogP contribution in [-0.4, -0.2) is 50.3 Å². The summed E-state index contributed by atoms with van der Waals surface area (Å²) in [6, 6.07) is 5.15. The molecule has 1 aliphatic heterocycles. The van der Waals surface area contributed by atoms with Gasteiger partial charge in [0.2, 0.25) is 10.0 Å². The van der Waals surface area contributed by atoms with Crippen molar-refractivity contribution in [2.45, 2.75) is 30.8 Å². The van der Waals surface area contributed by atoms with Crippen LogP contribution in [0.25, 0.3) is 0 Å². The fourth-order valence-corrected chi connectivity index (χ4v) is 5.46. The molecule has 0 aliphatic carbocycles. The van der Waals surface area contributed by atoms with Crippen molar-refractivity contribution in [1.82, 2.24) is 9.21 Å². The molecule has 0 saturated carbocycles. The molecule has 1 atom stereocenters. The van der Waals surface area contributed by atoms with Crippen molar-refractivity contribution in [2.75, 3.05) is 26.7 Å². The zero-order valence-corrected chi connectivity index (χ0v) is 14.8. The summed E-state index contributed by atoms with van der Waals surface area (Å²) in [5.41, 5.74) is 6.50. The predicted octanol–water partition coefficient (Wildman–Crippen LogP) is 1.62. The van der Waals surface area contributed by atoms with E-state index < -0.39 is 10.0 Å². The second-order valence-corrected chi connectivity index (χ2v) is 8.26. The molecule has 2 N–H and O–H groups in total. The Morgan fingerprint density at radius 2 is 2.10 bits per heavy atom. The molecule has 21 heavy (non-hydrogen) atoms. The molecule has 1 aliphatic rings. The molecule has 0 amide bonds. The van der Waals surface area contributed by atoms with Crippen molar-refractivity contribution in [3.63, 3.8) is 0 Å². The number of halogens is 1. The quantitative estimate of drug-likeness (QED) is 0.871. The molecule has 118 valence electrons. The second-order valence-electron chi connectivity index (χ2n) is 5.55. The Bertz CT molecular complexity index is 606. The Kier molecular flexibility index (Phi) is 5.43. The van der Waals surface area contributed by atoms with Gasteiger partial charge in [-0.15, -0.1) is 0 Å². The van der Waals surface area contributed by atoms with E-state index in [0.29, 0.717) is 22.5 Å². The lowest BCUT2D eigenvalue weighted by Crippen LogP contribution is -2.42. The van der Waals surface area contributed by atoms with Crippen LogP contribution in [0.5, 0.6) is 0 Å². The standard InChI is InChI=1S/C14H22BrN3O2S/c1-11-10-17(2)6-3-7-18(11)21(19,20)14-5-4-12(9-16)8-13(14)15/h4-5,8,11H,3,6-7,9-10,16H2,1-2H3. The van der Waals surface area contributed by atoms with Gasteiger partial charge >= 0.3 is 0 Å². The highest BCUT2D eigenvalue weighted by atomic mass is 79.9. The summed E-state index contributed by atoms with van der Waals surface area (Å²) < 4.78 is 28.0. The summed E-state index contributed by atoms with van der Waals surface area (Å²) in [4.78, 5) is 2.49. The lowest BCUT2D eigenvalue weighted by molar-refractivity contribution is 0.290. The number of benzene rings is 1. The second kappa shape index (κ2) is 6.75. The Morgan fingerprint density at radius 3 is 2.71 bits per heavy atom. The first kappa shape index (κ1) is 16.9. The third kappa shape index (κ3) is 3.65. The molecular weight excluding hydrogens is 354 g/mol. The zero-order valence-electron chi connectivity index (χ0n) is 12.4. The minimum absolute atomic E-state index is 0.0383. The van der Waals surface area contributed by atoms with Crippen LogP contribution < -0.4 is 5.73 Å². The zero-order chi connectivity index (χ0) is 15.6. The Morgan fingerprint density at radius 1 is 1.38 bits per heavy atom. The molecule has 1 unspecified atom stereocenters. The highest BCUT2D eigenvalue weighted by molar-refractivity contribution is 9.10. The maximum absolute atomic E-state index is 12.9. The van der Waals surface area contributed by atoms with Crippen LogP contribution >= 0.6 is 15.9 Å². The number of nitrogens with zero attached hydrogens (tertiary/aromatic N) is 2. The summed E-state index contributed by atoms with van der Waals surface area (Å²) in [5, 5.41) is 0. The molecule has 1 fully saturated rings. The molecule has 1 heterocycles. The fourth-order valence-electron chi connectivity index (χ4n) is 2.71. The van der Waals surface area contributed by atoms with Gasteiger partial charge in [-0.3, -0.25) is 0 Å². The number of sulfonamides is 1. The number of rotatable bonds is 3. The van der Waals surface area contributed by atoms with Gasteiger partial charge in [0.05, 0.1) is 4.90 Å². The molecule has 0 bridgehead atoms. The topological polar surface area (TPSA) is 66.6 Å². The van der Waals surface area contributed by atoms with Crippen LogP contribution in [0.4, 0.5) is 0 Å². The normalized spacial score (nSPS) is 22.2. The third-order valence-corrected chi connectivity index (χ3v) is 6.79. The highest BCUT2D eigenvalue weighted by Gasteiger charge is 2.32. The molecule has 7 heteroatoms. The average molecular weight is 376 g/mol. The van der Waals surface area contributed by atoms with E-state index in [0.717, 1.165) is 25.1 Å². The number of hydrogen-bond donors (Lipinski definition) is 1. The lowest BCUT2D eigenvalue weighted by atomic mass is 10.2. The van der Waals surface area contributed by atoms with Gasteiger partial charge in [0.15, 0.2) is 0 Å². The van der Waals surface area contributed by atoms with Crippen LogP contribution in [-0.2, 0) is 16.6 Å². The van der Waals surface area contributed by atoms with Crippen LogP contribution in [0.3, 0.4) is 0 Å². The van der Waals surface area contributed by atoms with Gasteiger partial charge in [-0.2, -0.15) is 4.31 Å². The van der Waals surface area contributed by atoms with E-state index in [1.807, 2.05) is 14.0 Å². The fraction of sp³-hybridized carbons (Fsp3) is 0.571. The smallest absolute Gasteiger partial charge is 0.244 e. The number of nitrogens with two attached hydrogens (primary N) is 1. The van der Waals surface area contributed by atoms with Gasteiger partial charge in [-0.05, 0) is 60.6 Å². The Balaban J connectivity index is 2.37. The maximum Gasteiger partial charge on any atom is 0.244 e. The molecule has 0 spiro atoms. The van der Waals surface area contributed by atoms with Gasteiger partial charge in [-0.25, -0.2) is 8.42 Å². The van der Waals surface area contributed by atoms with Crippen molar-refractivity contribution in [2.24, 2.45) is 5.73 Å². The molecule has 2 rings (SSSR count). The molecule has 5 nitrogen and oxygen atoms in total. The molecule has 0 radical (unpaired) electrons. The Hall–Kier alpha value is -0.470. The van der Waals surface area contributed by atoms with Crippen LogP contribution in [0, 0.1) is 0 Å². The van der Waals surface area contributed by atoms with Crippen molar-refractivity contribution in [1.29, 1.82) is 0 Å². The Labute approximate surface area is 135 Å². The van der Waals surface area contributed by atoms with E-state index >= 15 is 0 Å². The first-order chi connectivity index (χ1) is 9.86. The van der Waals surface area contributed by atoms with Crippen molar-refractivity contribution in [3.05, 3.63) is 28.2 Å². The van der Waals surface area contributed by atoms with Crippen molar-refractivity contribution >= 4 is 26.0 Å². The number of hydrogen-bond acceptors (Lipinski definition) is 4. The largest absolute Gasteiger partial charge is 0.326 e. The molecule has 1 aromatic rings. The average Bonchev–Trinajstić information content (AvgIpc) is 2.59. The van der Waals surface area contributed by atoms with Gasteiger partial charge in [0.25, 0.3) is 0 Å². The lowest BCUT2D eigenvalue weighted by Gasteiger charge is -2.27. The maximum atomic E-state index is 12.9. The van der Waals surface area contributed by atoms with Crippen LogP contribution in [0.15, 0.2) is 27.6 Å². The number of likely N-dealkylation sites (N-methyl/N-ethyl adjacent to an activating group) is 1. The van der Waals surface area contributed by atoms with Gasteiger partial charge in [0.1, 0.15) is 0 Å². The van der Waals surface area contributed by atoms with E-state index in [1.54, 1.807) is 22.5 Å². The van der Waals surface area contributed by atoms with E-state index in [1.165, 1.54) is 0 Å². The first-order valence-electron chi connectivity index (χ1n) is 7.05. The monoisotopic (exact) mass is 375 g/mol. The van der Waals surface area contributed by atoms with Crippen LogP contribution in [0.2, 0.25) is 0 Å². The summed E-state index contributed by atoms with van der Waals surface area (Å²) in [7, 11) is -1.47. The van der Waals surface area contributed by atoms with Gasteiger partial charge < -0.3 is 10.6 Å². The summed E-state index contributed by atoms with van der Waals surface area (Å²) in [6.07, 6.45) is 0.846. The summed E-state index contributed by atoms with van der Waals surface area (Å²) in [5.74, 6) is 0. The van der Waals surface area contributed by atoms with E-state index in [2.05, 4.69) is 20.8 Å². The van der Waals surface area contributed by atoms with E-state index in [4.69, 9.17) is 5.73 Å².